The van der Waals surface area contributed by atoms with E-state index in [9.17, 15) is 13.2 Å². The Morgan fingerprint density at radius 2 is 1.68 bits per heavy atom. The minimum atomic E-state index is -4.14. The van der Waals surface area contributed by atoms with Crippen LogP contribution < -0.4 is 9.04 Å². The molecule has 0 N–H and O–H groups in total. The quantitative estimate of drug-likeness (QED) is 0.476. The third-order valence-corrected chi connectivity index (χ3v) is 6.82. The number of carbonyl (C=O) groups is 1. The monoisotopic (exact) mass is 457 g/mol. The van der Waals surface area contributed by atoms with E-state index in [0.29, 0.717) is 10.8 Å². The van der Waals surface area contributed by atoms with Gasteiger partial charge in [-0.05, 0) is 73.9 Å². The van der Waals surface area contributed by atoms with Crippen molar-refractivity contribution < 1.29 is 17.9 Å². The maximum atomic E-state index is 13.4. The van der Waals surface area contributed by atoms with E-state index in [2.05, 4.69) is 0 Å². The van der Waals surface area contributed by atoms with E-state index in [1.165, 1.54) is 19.1 Å². The minimum Gasteiger partial charge on any atom is -0.481 e. The van der Waals surface area contributed by atoms with Crippen molar-refractivity contribution in [3.63, 3.8) is 0 Å². The molecule has 0 aromatic heterocycles. The average molecular weight is 458 g/mol. The Hall–Kier alpha value is -2.83. The number of rotatable bonds is 7. The molecule has 0 aliphatic rings. The van der Waals surface area contributed by atoms with Gasteiger partial charge in [-0.25, -0.2) is 8.42 Å². The van der Waals surface area contributed by atoms with Crippen LogP contribution in [-0.4, -0.2) is 20.4 Å². The molecule has 0 saturated carbocycles. The predicted octanol–water partition coefficient (Wildman–Crippen LogP) is 5.40. The summed E-state index contributed by atoms with van der Waals surface area (Å²) in [7, 11) is -4.14. The summed E-state index contributed by atoms with van der Waals surface area (Å²) in [6, 6.07) is 19.8. The summed E-state index contributed by atoms with van der Waals surface area (Å²) in [4.78, 5) is 13.4. The highest BCUT2D eigenvalue weighted by molar-refractivity contribution is 7.93. The molecular formula is C24H24ClNO4S. The molecule has 3 aromatic rings. The van der Waals surface area contributed by atoms with Crippen molar-refractivity contribution in [2.24, 2.45) is 0 Å². The van der Waals surface area contributed by atoms with Crippen LogP contribution in [0, 0.1) is 6.92 Å². The number of nitrogens with zero attached hydrogens (tertiary/aromatic N) is 1. The summed E-state index contributed by atoms with van der Waals surface area (Å²) >= 11 is 5.99. The minimum absolute atomic E-state index is 0.0257. The highest BCUT2D eigenvalue weighted by Crippen LogP contribution is 2.28. The number of aryl methyl sites for hydroxylation is 2. The van der Waals surface area contributed by atoms with E-state index >= 15 is 0 Å². The van der Waals surface area contributed by atoms with Gasteiger partial charge in [-0.2, -0.15) is 4.31 Å². The van der Waals surface area contributed by atoms with Crippen molar-refractivity contribution in [1.29, 1.82) is 0 Å². The zero-order valence-electron chi connectivity index (χ0n) is 17.6. The highest BCUT2D eigenvalue weighted by atomic mass is 35.5. The average Bonchev–Trinajstić information content (AvgIpc) is 2.76. The van der Waals surface area contributed by atoms with Gasteiger partial charge in [0.25, 0.3) is 15.9 Å². The maximum Gasteiger partial charge on any atom is 0.281 e. The second-order valence-electron chi connectivity index (χ2n) is 7.11. The lowest BCUT2D eigenvalue weighted by atomic mass is 10.1. The molecule has 5 nitrogen and oxygen atoms in total. The Morgan fingerprint density at radius 3 is 2.26 bits per heavy atom. The van der Waals surface area contributed by atoms with Crippen LogP contribution in [0.25, 0.3) is 0 Å². The van der Waals surface area contributed by atoms with Gasteiger partial charge < -0.3 is 4.74 Å². The summed E-state index contributed by atoms with van der Waals surface area (Å²) in [6.07, 6.45) is -0.251. The van der Waals surface area contributed by atoms with E-state index < -0.39 is 22.0 Å². The number of ether oxygens (including phenoxy) is 1. The van der Waals surface area contributed by atoms with Crippen molar-refractivity contribution in [3.8, 4) is 5.75 Å². The van der Waals surface area contributed by atoms with Crippen LogP contribution >= 0.6 is 11.6 Å². The molecular weight excluding hydrogens is 434 g/mol. The van der Waals surface area contributed by atoms with Crippen molar-refractivity contribution in [2.75, 3.05) is 4.31 Å². The van der Waals surface area contributed by atoms with Gasteiger partial charge >= 0.3 is 0 Å². The number of benzene rings is 3. The van der Waals surface area contributed by atoms with E-state index in [4.69, 9.17) is 16.3 Å². The van der Waals surface area contributed by atoms with Gasteiger partial charge in [0.05, 0.1) is 10.6 Å². The fourth-order valence-corrected chi connectivity index (χ4v) is 4.82. The summed E-state index contributed by atoms with van der Waals surface area (Å²) in [5, 5.41) is 0.549. The lowest BCUT2D eigenvalue weighted by Gasteiger charge is -2.26. The molecule has 0 spiro atoms. The fraction of sp³-hybridized carbons (Fsp3) is 0.208. The van der Waals surface area contributed by atoms with E-state index in [1.54, 1.807) is 55.5 Å². The molecule has 31 heavy (non-hydrogen) atoms. The number of anilines is 1. The molecule has 0 fully saturated rings. The van der Waals surface area contributed by atoms with Gasteiger partial charge in [-0.15, -0.1) is 0 Å². The zero-order valence-corrected chi connectivity index (χ0v) is 19.2. The van der Waals surface area contributed by atoms with Gasteiger partial charge in [-0.3, -0.25) is 4.79 Å². The number of sulfonamides is 1. The molecule has 1 amide bonds. The van der Waals surface area contributed by atoms with Crippen molar-refractivity contribution in [2.45, 2.75) is 38.2 Å². The number of carbonyl (C=O) groups excluding carboxylic acids is 1. The second kappa shape index (κ2) is 9.54. The van der Waals surface area contributed by atoms with Crippen LogP contribution in [0.1, 0.15) is 25.0 Å². The van der Waals surface area contributed by atoms with Gasteiger partial charge in [0.1, 0.15) is 5.75 Å². The summed E-state index contributed by atoms with van der Waals surface area (Å²) in [5.41, 5.74) is 2.04. The molecule has 0 heterocycles. The van der Waals surface area contributed by atoms with Crippen LogP contribution in [0.4, 0.5) is 5.69 Å². The second-order valence-corrected chi connectivity index (χ2v) is 9.33. The Labute approximate surface area is 188 Å². The molecule has 3 rings (SSSR count). The summed E-state index contributed by atoms with van der Waals surface area (Å²) < 4.78 is 33.5. The first kappa shape index (κ1) is 22.8. The Balaban J connectivity index is 2.01. The highest BCUT2D eigenvalue weighted by Gasteiger charge is 2.35. The number of amides is 1. The third kappa shape index (κ3) is 5.09. The van der Waals surface area contributed by atoms with Crippen molar-refractivity contribution in [1.82, 2.24) is 0 Å². The molecule has 1 atom stereocenters. The SMILES string of the molecule is CCc1ccc(N(C(=O)C(C)Oc2ccc(Cl)cc2C)S(=O)(=O)c2ccccc2)cc1. The molecule has 0 saturated heterocycles. The fourth-order valence-electron chi connectivity index (χ4n) is 3.10. The molecule has 0 bridgehead atoms. The Bertz CT molecular complexity index is 1160. The van der Waals surface area contributed by atoms with Gasteiger partial charge in [-0.1, -0.05) is 48.9 Å². The molecule has 162 valence electrons. The number of hydrogen-bond acceptors (Lipinski definition) is 4. The molecule has 0 aliphatic heterocycles. The van der Waals surface area contributed by atoms with Crippen LogP contribution in [0.5, 0.6) is 5.75 Å². The number of hydrogen-bond donors (Lipinski definition) is 0. The first-order valence-corrected chi connectivity index (χ1v) is 11.7. The first-order valence-electron chi connectivity index (χ1n) is 9.90. The molecule has 7 heteroatoms. The van der Waals surface area contributed by atoms with Crippen molar-refractivity contribution >= 4 is 33.2 Å². The van der Waals surface area contributed by atoms with Gasteiger partial charge in [0.2, 0.25) is 0 Å². The lowest BCUT2D eigenvalue weighted by Crippen LogP contribution is -2.44. The zero-order chi connectivity index (χ0) is 22.6. The van der Waals surface area contributed by atoms with E-state index in [-0.39, 0.29) is 10.6 Å². The smallest absolute Gasteiger partial charge is 0.281 e. The topological polar surface area (TPSA) is 63.7 Å². The molecule has 0 aliphatic carbocycles. The predicted molar refractivity (Wildman–Crippen MR) is 123 cm³/mol. The Morgan fingerprint density at radius 1 is 1.03 bits per heavy atom. The van der Waals surface area contributed by atoms with Crippen LogP contribution in [0.3, 0.4) is 0 Å². The third-order valence-electron chi connectivity index (χ3n) is 4.85. The van der Waals surface area contributed by atoms with Gasteiger partial charge in [0.15, 0.2) is 6.10 Å². The normalized spacial score (nSPS) is 12.3. The van der Waals surface area contributed by atoms with Crippen LogP contribution in [0.2, 0.25) is 5.02 Å². The molecule has 3 aromatic carbocycles. The standard InChI is InChI=1S/C24H24ClNO4S/c1-4-19-10-13-21(14-11-19)26(31(28,29)22-8-6-5-7-9-22)24(27)18(3)30-23-15-12-20(25)16-17(23)2/h5-16,18H,4H2,1-3H3. The molecule has 1 unspecified atom stereocenters. The van der Waals surface area contributed by atoms with Crippen molar-refractivity contribution in [3.05, 3.63) is 88.9 Å². The van der Waals surface area contributed by atoms with Gasteiger partial charge in [0, 0.05) is 5.02 Å². The Kier molecular flexibility index (Phi) is 7.03. The summed E-state index contributed by atoms with van der Waals surface area (Å²) in [6.45, 7) is 5.34. The van der Waals surface area contributed by atoms with E-state index in [0.717, 1.165) is 21.9 Å². The lowest BCUT2D eigenvalue weighted by molar-refractivity contribution is -0.123. The van der Waals surface area contributed by atoms with E-state index in [1.807, 2.05) is 19.1 Å². The van der Waals surface area contributed by atoms with Crippen LogP contribution in [0.15, 0.2) is 77.7 Å². The molecule has 0 radical (unpaired) electrons. The maximum absolute atomic E-state index is 13.4. The summed E-state index contributed by atoms with van der Waals surface area (Å²) in [5.74, 6) is -0.230. The largest absolute Gasteiger partial charge is 0.481 e. The number of halogens is 1. The van der Waals surface area contributed by atoms with Crippen LogP contribution in [-0.2, 0) is 21.2 Å². The first-order chi connectivity index (χ1) is 14.7.